The van der Waals surface area contributed by atoms with Crippen molar-refractivity contribution in [3.63, 3.8) is 0 Å². The van der Waals surface area contributed by atoms with Gasteiger partial charge in [0.05, 0.1) is 0 Å². The average molecular weight is 363 g/mol. The minimum atomic E-state index is 0.643. The van der Waals surface area contributed by atoms with Crippen molar-refractivity contribution in [3.8, 4) is 0 Å². The summed E-state index contributed by atoms with van der Waals surface area (Å²) in [5.74, 6) is 0. The van der Waals surface area contributed by atoms with Crippen LogP contribution in [0.2, 0.25) is 0 Å². The third kappa shape index (κ3) is 4.55. The minimum absolute atomic E-state index is 0.643. The van der Waals surface area contributed by atoms with E-state index in [4.69, 9.17) is 12.2 Å². The van der Waals surface area contributed by atoms with Gasteiger partial charge in [0.1, 0.15) is 0 Å². The number of hydrogen-bond acceptors (Lipinski definition) is 1. The molecule has 2 aromatic rings. The summed E-state index contributed by atoms with van der Waals surface area (Å²) < 4.78 is 1.08. The molecular weight excluding hydrogens is 344 g/mol. The highest BCUT2D eigenvalue weighted by Gasteiger charge is 2.06. The first-order valence-electron chi connectivity index (χ1n) is 6.83. The number of aryl methyl sites for hydroxylation is 3. The summed E-state index contributed by atoms with van der Waals surface area (Å²) in [7, 11) is 0. The third-order valence-corrected chi connectivity index (χ3v) is 4.01. The first-order chi connectivity index (χ1) is 9.95. The van der Waals surface area contributed by atoms with Crippen LogP contribution in [0.3, 0.4) is 0 Å². The predicted octanol–water partition coefficient (Wildman–Crippen LogP) is 4.86. The molecule has 110 valence electrons. The van der Waals surface area contributed by atoms with Gasteiger partial charge in [0.25, 0.3) is 0 Å². The normalized spacial score (nSPS) is 10.3. The summed E-state index contributed by atoms with van der Waals surface area (Å²) in [5, 5.41) is 7.17. The minimum Gasteiger partial charge on any atom is -0.358 e. The highest BCUT2D eigenvalue weighted by Crippen LogP contribution is 2.24. The highest BCUT2D eigenvalue weighted by molar-refractivity contribution is 9.10. The second-order valence-electron chi connectivity index (χ2n) is 5.21. The van der Waals surface area contributed by atoms with Crippen molar-refractivity contribution in [2.24, 2.45) is 0 Å². The second-order valence-corrected chi connectivity index (χ2v) is 6.53. The maximum absolute atomic E-state index is 5.38. The predicted molar refractivity (Wildman–Crippen MR) is 97.9 cm³/mol. The SMILES string of the molecule is Cc1ccc(CNC(=S)Nc2c(C)cc(Br)cc2C)cc1. The lowest BCUT2D eigenvalue weighted by atomic mass is 10.1. The Labute approximate surface area is 140 Å². The quantitative estimate of drug-likeness (QED) is 0.762. The lowest BCUT2D eigenvalue weighted by molar-refractivity contribution is 0.924. The number of halogens is 1. The van der Waals surface area contributed by atoms with Crippen molar-refractivity contribution >= 4 is 38.9 Å². The Bertz CT molecular complexity index is 627. The summed E-state index contributed by atoms with van der Waals surface area (Å²) in [6.45, 7) is 6.95. The molecule has 2 aromatic carbocycles. The van der Waals surface area contributed by atoms with E-state index in [9.17, 15) is 0 Å². The fraction of sp³-hybridized carbons (Fsp3) is 0.235. The van der Waals surface area contributed by atoms with Gasteiger partial charge in [-0.05, 0) is 61.8 Å². The van der Waals surface area contributed by atoms with Crippen molar-refractivity contribution in [2.75, 3.05) is 5.32 Å². The van der Waals surface area contributed by atoms with E-state index in [1.807, 2.05) is 0 Å². The molecule has 0 aliphatic heterocycles. The summed E-state index contributed by atoms with van der Waals surface area (Å²) in [5.41, 5.74) is 5.89. The third-order valence-electron chi connectivity index (χ3n) is 3.31. The van der Waals surface area contributed by atoms with Crippen molar-refractivity contribution in [3.05, 3.63) is 63.1 Å². The van der Waals surface area contributed by atoms with E-state index in [-0.39, 0.29) is 0 Å². The fourth-order valence-corrected chi connectivity index (χ4v) is 3.01. The van der Waals surface area contributed by atoms with Crippen LogP contribution in [0.4, 0.5) is 5.69 Å². The number of thiocarbonyl (C=S) groups is 1. The van der Waals surface area contributed by atoms with Gasteiger partial charge < -0.3 is 10.6 Å². The molecule has 0 unspecified atom stereocenters. The lowest BCUT2D eigenvalue weighted by Gasteiger charge is -2.15. The zero-order valence-electron chi connectivity index (χ0n) is 12.5. The molecule has 0 spiro atoms. The maximum Gasteiger partial charge on any atom is 0.171 e. The summed E-state index contributed by atoms with van der Waals surface area (Å²) in [6.07, 6.45) is 0. The van der Waals surface area contributed by atoms with E-state index in [1.54, 1.807) is 0 Å². The Balaban J connectivity index is 1.97. The van der Waals surface area contributed by atoms with E-state index in [1.165, 1.54) is 22.3 Å². The summed E-state index contributed by atoms with van der Waals surface area (Å²) >= 11 is 8.88. The van der Waals surface area contributed by atoms with Gasteiger partial charge in [0.2, 0.25) is 0 Å². The van der Waals surface area contributed by atoms with E-state index < -0.39 is 0 Å². The number of benzene rings is 2. The van der Waals surface area contributed by atoms with Crippen LogP contribution in [0.5, 0.6) is 0 Å². The summed E-state index contributed by atoms with van der Waals surface area (Å²) in [4.78, 5) is 0. The van der Waals surface area contributed by atoms with Crippen molar-refractivity contribution in [2.45, 2.75) is 27.3 Å². The van der Waals surface area contributed by atoms with Crippen LogP contribution in [0.15, 0.2) is 40.9 Å². The molecule has 0 saturated heterocycles. The van der Waals surface area contributed by atoms with Gasteiger partial charge in [-0.1, -0.05) is 45.8 Å². The standard InChI is InChI=1S/C17H19BrN2S/c1-11-4-6-14(7-5-11)10-19-17(21)20-16-12(2)8-15(18)9-13(16)3/h4-9H,10H2,1-3H3,(H2,19,20,21). The summed E-state index contributed by atoms with van der Waals surface area (Å²) in [6, 6.07) is 12.6. The molecular formula is C17H19BrN2S. The number of anilines is 1. The molecule has 2 N–H and O–H groups in total. The van der Waals surface area contributed by atoms with Crippen LogP contribution in [0.25, 0.3) is 0 Å². The van der Waals surface area contributed by atoms with Gasteiger partial charge in [0.15, 0.2) is 5.11 Å². The molecule has 0 aliphatic carbocycles. The smallest absolute Gasteiger partial charge is 0.171 e. The van der Waals surface area contributed by atoms with Crippen LogP contribution >= 0.6 is 28.1 Å². The fourth-order valence-electron chi connectivity index (χ4n) is 2.15. The monoisotopic (exact) mass is 362 g/mol. The van der Waals surface area contributed by atoms with Crippen molar-refractivity contribution in [1.29, 1.82) is 0 Å². The Morgan fingerprint density at radius 3 is 2.19 bits per heavy atom. The molecule has 0 fully saturated rings. The van der Waals surface area contributed by atoms with E-state index in [2.05, 4.69) is 83.7 Å². The molecule has 21 heavy (non-hydrogen) atoms. The van der Waals surface area contributed by atoms with Crippen LogP contribution in [-0.4, -0.2) is 5.11 Å². The number of nitrogens with one attached hydrogen (secondary N) is 2. The van der Waals surface area contributed by atoms with E-state index in [0.29, 0.717) is 5.11 Å². The van der Waals surface area contributed by atoms with Gasteiger partial charge in [-0.15, -0.1) is 0 Å². The topological polar surface area (TPSA) is 24.1 Å². The van der Waals surface area contributed by atoms with Crippen LogP contribution in [0.1, 0.15) is 22.3 Å². The van der Waals surface area contributed by atoms with Crippen LogP contribution < -0.4 is 10.6 Å². The van der Waals surface area contributed by atoms with E-state index >= 15 is 0 Å². The largest absolute Gasteiger partial charge is 0.358 e. The second kappa shape index (κ2) is 7.05. The Kier molecular flexibility index (Phi) is 5.37. The molecule has 0 atom stereocenters. The van der Waals surface area contributed by atoms with Crippen LogP contribution in [-0.2, 0) is 6.54 Å². The molecule has 2 rings (SSSR count). The van der Waals surface area contributed by atoms with Gasteiger partial charge >= 0.3 is 0 Å². The lowest BCUT2D eigenvalue weighted by Crippen LogP contribution is -2.28. The van der Waals surface area contributed by atoms with Gasteiger partial charge in [-0.25, -0.2) is 0 Å². The maximum atomic E-state index is 5.38. The molecule has 0 heterocycles. The molecule has 2 nitrogen and oxygen atoms in total. The first kappa shape index (κ1) is 16.0. The van der Waals surface area contributed by atoms with Crippen molar-refractivity contribution in [1.82, 2.24) is 5.32 Å². The first-order valence-corrected chi connectivity index (χ1v) is 8.03. The van der Waals surface area contributed by atoms with E-state index in [0.717, 1.165) is 16.7 Å². The van der Waals surface area contributed by atoms with Crippen molar-refractivity contribution < 1.29 is 0 Å². The number of hydrogen-bond donors (Lipinski definition) is 2. The molecule has 0 bridgehead atoms. The van der Waals surface area contributed by atoms with Gasteiger partial charge in [-0.3, -0.25) is 0 Å². The molecule has 0 aromatic heterocycles. The molecule has 0 amide bonds. The molecule has 0 radical (unpaired) electrons. The Morgan fingerprint density at radius 1 is 1.05 bits per heavy atom. The Morgan fingerprint density at radius 2 is 1.62 bits per heavy atom. The average Bonchev–Trinajstić information content (AvgIpc) is 2.42. The zero-order valence-corrected chi connectivity index (χ0v) is 14.9. The van der Waals surface area contributed by atoms with Gasteiger partial charge in [0, 0.05) is 16.7 Å². The van der Waals surface area contributed by atoms with Gasteiger partial charge in [-0.2, -0.15) is 0 Å². The Hall–Kier alpha value is -1.39. The highest BCUT2D eigenvalue weighted by atomic mass is 79.9. The zero-order chi connectivity index (χ0) is 15.4. The molecule has 0 saturated carbocycles. The number of rotatable bonds is 3. The molecule has 0 aliphatic rings. The van der Waals surface area contributed by atoms with Crippen LogP contribution in [0, 0.1) is 20.8 Å². The molecule has 4 heteroatoms.